The van der Waals surface area contributed by atoms with Gasteiger partial charge in [0.1, 0.15) is 5.75 Å². The van der Waals surface area contributed by atoms with Crippen LogP contribution in [0.2, 0.25) is 5.02 Å². The number of methoxy groups -OCH3 is 2. The number of amides is 1. The summed E-state index contributed by atoms with van der Waals surface area (Å²) in [6, 6.07) is 12.5. The molecule has 0 aliphatic rings. The van der Waals surface area contributed by atoms with E-state index in [9.17, 15) is 4.79 Å². The number of hydrogen-bond acceptors (Lipinski definition) is 4. The predicted molar refractivity (Wildman–Crippen MR) is 107 cm³/mol. The van der Waals surface area contributed by atoms with Crippen LogP contribution in [0, 0.1) is 0 Å². The van der Waals surface area contributed by atoms with E-state index in [-0.39, 0.29) is 11.9 Å². The maximum Gasteiger partial charge on any atom is 0.261 e. The fourth-order valence-corrected chi connectivity index (χ4v) is 2.88. The van der Waals surface area contributed by atoms with Crippen molar-refractivity contribution >= 4 is 17.5 Å². The van der Waals surface area contributed by atoms with Crippen LogP contribution in [0.25, 0.3) is 0 Å². The Morgan fingerprint density at radius 3 is 2.22 bits per heavy atom. The zero-order chi connectivity index (χ0) is 19.8. The largest absolute Gasteiger partial charge is 0.493 e. The first kappa shape index (κ1) is 20.9. The molecule has 2 rings (SSSR count). The minimum Gasteiger partial charge on any atom is -0.493 e. The van der Waals surface area contributed by atoms with Crippen LogP contribution in [-0.2, 0) is 4.79 Å². The van der Waals surface area contributed by atoms with E-state index in [2.05, 4.69) is 5.32 Å². The molecule has 27 heavy (non-hydrogen) atoms. The van der Waals surface area contributed by atoms with Crippen LogP contribution in [0.5, 0.6) is 17.2 Å². The van der Waals surface area contributed by atoms with E-state index < -0.39 is 6.10 Å². The standard InChI is InChI=1S/C21H26ClNO4/c1-5-17(14-7-12-19(25-3)20(13-14)26-4)23-21(24)18(6-2)27-16-10-8-15(22)9-11-16/h7-13,17-18H,5-6H2,1-4H3,(H,23,24)/t17-,18+/m0/s1. The Kier molecular flexibility index (Phi) is 7.80. The number of benzene rings is 2. The molecule has 6 heteroatoms. The van der Waals surface area contributed by atoms with Crippen molar-refractivity contribution in [3.05, 3.63) is 53.1 Å². The molecule has 1 N–H and O–H groups in total. The van der Waals surface area contributed by atoms with Crippen LogP contribution in [0.1, 0.15) is 38.3 Å². The molecule has 0 bridgehead atoms. The molecule has 0 spiro atoms. The van der Waals surface area contributed by atoms with Gasteiger partial charge in [-0.2, -0.15) is 0 Å². The summed E-state index contributed by atoms with van der Waals surface area (Å²) in [5.74, 6) is 1.74. The molecule has 0 heterocycles. The monoisotopic (exact) mass is 391 g/mol. The number of ether oxygens (including phenoxy) is 3. The second kappa shape index (κ2) is 10.1. The molecule has 0 saturated heterocycles. The van der Waals surface area contributed by atoms with Gasteiger partial charge in [-0.05, 0) is 54.8 Å². The number of carbonyl (C=O) groups excluding carboxylic acids is 1. The topological polar surface area (TPSA) is 56.8 Å². The fourth-order valence-electron chi connectivity index (χ4n) is 2.76. The maximum atomic E-state index is 12.7. The van der Waals surface area contributed by atoms with Crippen LogP contribution < -0.4 is 19.5 Å². The summed E-state index contributed by atoms with van der Waals surface area (Å²) < 4.78 is 16.5. The van der Waals surface area contributed by atoms with Crippen molar-refractivity contribution in [3.8, 4) is 17.2 Å². The lowest BCUT2D eigenvalue weighted by Crippen LogP contribution is -2.39. The third-order valence-corrected chi connectivity index (χ3v) is 4.54. The highest BCUT2D eigenvalue weighted by molar-refractivity contribution is 6.30. The van der Waals surface area contributed by atoms with Crippen molar-refractivity contribution in [2.75, 3.05) is 14.2 Å². The fraction of sp³-hybridized carbons (Fsp3) is 0.381. The molecule has 0 aliphatic heterocycles. The van der Waals surface area contributed by atoms with E-state index in [0.717, 1.165) is 12.0 Å². The summed E-state index contributed by atoms with van der Waals surface area (Å²) >= 11 is 5.89. The Balaban J connectivity index is 2.11. The zero-order valence-corrected chi connectivity index (χ0v) is 16.9. The van der Waals surface area contributed by atoms with E-state index in [1.54, 1.807) is 38.5 Å². The van der Waals surface area contributed by atoms with Gasteiger partial charge >= 0.3 is 0 Å². The molecule has 5 nitrogen and oxygen atoms in total. The van der Waals surface area contributed by atoms with Gasteiger partial charge in [0, 0.05) is 5.02 Å². The molecule has 0 unspecified atom stereocenters. The Morgan fingerprint density at radius 1 is 1.00 bits per heavy atom. The van der Waals surface area contributed by atoms with E-state index in [1.165, 1.54) is 0 Å². The van der Waals surface area contributed by atoms with Gasteiger partial charge in [-0.3, -0.25) is 4.79 Å². The average molecular weight is 392 g/mol. The van der Waals surface area contributed by atoms with E-state index in [0.29, 0.717) is 28.7 Å². The second-order valence-electron chi connectivity index (χ2n) is 6.05. The quantitative estimate of drug-likeness (QED) is 0.668. The zero-order valence-electron chi connectivity index (χ0n) is 16.1. The molecule has 2 aromatic rings. The third-order valence-electron chi connectivity index (χ3n) is 4.29. The molecular weight excluding hydrogens is 366 g/mol. The molecule has 2 aromatic carbocycles. The van der Waals surface area contributed by atoms with E-state index in [1.807, 2.05) is 32.0 Å². The van der Waals surface area contributed by atoms with Crippen molar-refractivity contribution in [3.63, 3.8) is 0 Å². The number of carbonyl (C=O) groups is 1. The molecule has 146 valence electrons. The Morgan fingerprint density at radius 2 is 1.67 bits per heavy atom. The van der Waals surface area contributed by atoms with Gasteiger partial charge in [-0.25, -0.2) is 0 Å². The van der Waals surface area contributed by atoms with Gasteiger partial charge in [-0.15, -0.1) is 0 Å². The van der Waals surface area contributed by atoms with Crippen molar-refractivity contribution in [1.82, 2.24) is 5.32 Å². The summed E-state index contributed by atoms with van der Waals surface area (Å²) in [5, 5.41) is 3.69. The van der Waals surface area contributed by atoms with Crippen molar-refractivity contribution in [2.45, 2.75) is 38.8 Å². The van der Waals surface area contributed by atoms with Crippen molar-refractivity contribution in [2.24, 2.45) is 0 Å². The lowest BCUT2D eigenvalue weighted by molar-refractivity contribution is -0.128. The summed E-state index contributed by atoms with van der Waals surface area (Å²) in [5.41, 5.74) is 0.949. The van der Waals surface area contributed by atoms with Gasteiger partial charge in [0.25, 0.3) is 5.91 Å². The lowest BCUT2D eigenvalue weighted by atomic mass is 10.0. The molecule has 0 fully saturated rings. The van der Waals surface area contributed by atoms with E-state index >= 15 is 0 Å². The summed E-state index contributed by atoms with van der Waals surface area (Å²) in [6.07, 6.45) is 0.704. The summed E-state index contributed by atoms with van der Waals surface area (Å²) in [7, 11) is 3.19. The normalized spacial score (nSPS) is 12.8. The minimum atomic E-state index is -0.583. The van der Waals surface area contributed by atoms with Gasteiger partial charge < -0.3 is 19.5 Å². The first-order valence-electron chi connectivity index (χ1n) is 8.96. The molecule has 1 amide bonds. The van der Waals surface area contributed by atoms with Crippen LogP contribution in [0.4, 0.5) is 0 Å². The maximum absolute atomic E-state index is 12.7. The number of rotatable bonds is 9. The van der Waals surface area contributed by atoms with Gasteiger partial charge in [0.05, 0.1) is 20.3 Å². The van der Waals surface area contributed by atoms with Gasteiger partial charge in [0.2, 0.25) is 0 Å². The molecule has 0 saturated carbocycles. The first-order valence-corrected chi connectivity index (χ1v) is 9.34. The Bertz CT molecular complexity index is 748. The van der Waals surface area contributed by atoms with Crippen molar-refractivity contribution in [1.29, 1.82) is 0 Å². The average Bonchev–Trinajstić information content (AvgIpc) is 2.70. The smallest absolute Gasteiger partial charge is 0.261 e. The molecule has 0 radical (unpaired) electrons. The minimum absolute atomic E-state index is 0.153. The second-order valence-corrected chi connectivity index (χ2v) is 6.49. The highest BCUT2D eigenvalue weighted by atomic mass is 35.5. The highest BCUT2D eigenvalue weighted by Gasteiger charge is 2.22. The van der Waals surface area contributed by atoms with Crippen LogP contribution in [-0.4, -0.2) is 26.2 Å². The lowest BCUT2D eigenvalue weighted by Gasteiger charge is -2.23. The summed E-state index contributed by atoms with van der Waals surface area (Å²) in [6.45, 7) is 3.93. The molecular formula is C21H26ClNO4. The van der Waals surface area contributed by atoms with Crippen LogP contribution in [0.3, 0.4) is 0 Å². The first-order chi connectivity index (χ1) is 13.0. The number of nitrogens with one attached hydrogen (secondary N) is 1. The van der Waals surface area contributed by atoms with Gasteiger partial charge in [0.15, 0.2) is 17.6 Å². The van der Waals surface area contributed by atoms with Crippen LogP contribution >= 0.6 is 11.6 Å². The Labute approximate surface area is 165 Å². The number of halogens is 1. The number of hydrogen-bond donors (Lipinski definition) is 1. The van der Waals surface area contributed by atoms with Gasteiger partial charge in [-0.1, -0.05) is 31.5 Å². The third kappa shape index (κ3) is 5.54. The highest BCUT2D eigenvalue weighted by Crippen LogP contribution is 2.31. The van der Waals surface area contributed by atoms with Crippen LogP contribution in [0.15, 0.2) is 42.5 Å². The van der Waals surface area contributed by atoms with Crippen molar-refractivity contribution < 1.29 is 19.0 Å². The Hall–Kier alpha value is -2.40. The molecule has 2 atom stereocenters. The summed E-state index contributed by atoms with van der Waals surface area (Å²) in [4.78, 5) is 12.7. The molecule has 0 aliphatic carbocycles. The SMILES string of the molecule is CC[C@H](NC(=O)[C@@H](CC)Oc1ccc(Cl)cc1)c1ccc(OC)c(OC)c1. The predicted octanol–water partition coefficient (Wildman–Crippen LogP) is 4.78. The van der Waals surface area contributed by atoms with E-state index in [4.69, 9.17) is 25.8 Å². The molecule has 0 aromatic heterocycles.